The average Bonchev–Trinajstić information content (AvgIpc) is 2.60. The summed E-state index contributed by atoms with van der Waals surface area (Å²) in [4.78, 5) is 12.6. The van der Waals surface area contributed by atoms with E-state index >= 15 is 0 Å². The molecule has 0 fully saturated rings. The van der Waals surface area contributed by atoms with Crippen LogP contribution >= 0.6 is 27.7 Å². The van der Waals surface area contributed by atoms with Crippen molar-refractivity contribution in [1.82, 2.24) is 0 Å². The zero-order chi connectivity index (χ0) is 18.2. The van der Waals surface area contributed by atoms with E-state index in [1.165, 1.54) is 18.2 Å². The summed E-state index contributed by atoms with van der Waals surface area (Å²) >= 11 is 4.30. The molecule has 4 nitrogen and oxygen atoms in total. The van der Waals surface area contributed by atoms with Crippen LogP contribution < -0.4 is 5.32 Å². The van der Waals surface area contributed by atoms with Crippen LogP contribution in [0.5, 0.6) is 0 Å². The van der Waals surface area contributed by atoms with Crippen LogP contribution in [0.4, 0.5) is 10.1 Å². The Hall–Kier alpha value is -2.61. The fourth-order valence-corrected chi connectivity index (χ4v) is 2.87. The van der Waals surface area contributed by atoms with E-state index in [-0.39, 0.29) is 16.4 Å². The first-order chi connectivity index (χ1) is 12.0. The minimum atomic E-state index is -0.473. The highest BCUT2D eigenvalue weighted by Gasteiger charge is 2.18. The largest absolute Gasteiger partial charge is 0.349 e. The van der Waals surface area contributed by atoms with Crippen molar-refractivity contribution in [3.05, 3.63) is 75.0 Å². The zero-order valence-electron chi connectivity index (χ0n) is 12.8. The molecule has 7 heteroatoms. The van der Waals surface area contributed by atoms with Crippen LogP contribution in [0.25, 0.3) is 0 Å². The van der Waals surface area contributed by atoms with Gasteiger partial charge in [0.1, 0.15) is 17.5 Å². The highest BCUT2D eigenvalue weighted by Crippen LogP contribution is 2.25. The van der Waals surface area contributed by atoms with E-state index in [1.807, 2.05) is 12.1 Å². The van der Waals surface area contributed by atoms with Crippen molar-refractivity contribution in [2.24, 2.45) is 0 Å². The molecule has 2 rings (SSSR count). The Morgan fingerprint density at radius 3 is 2.52 bits per heavy atom. The van der Waals surface area contributed by atoms with Crippen LogP contribution in [0.15, 0.2) is 63.6 Å². The van der Waals surface area contributed by atoms with E-state index in [9.17, 15) is 14.4 Å². The van der Waals surface area contributed by atoms with Crippen LogP contribution in [0.1, 0.15) is 10.4 Å². The van der Waals surface area contributed by atoms with Crippen molar-refractivity contribution in [2.75, 3.05) is 11.1 Å². The van der Waals surface area contributed by atoms with Crippen molar-refractivity contribution in [2.45, 2.75) is 0 Å². The lowest BCUT2D eigenvalue weighted by atomic mass is 10.1. The second-order valence-corrected chi connectivity index (χ2v) is 6.64. The molecule has 0 aliphatic heterocycles. The Kier molecular flexibility index (Phi) is 6.76. The number of halogens is 2. The van der Waals surface area contributed by atoms with Crippen molar-refractivity contribution in [3.8, 4) is 12.1 Å². The number of allylic oxidation sites excluding steroid dienone is 1. The third-order valence-corrected chi connectivity index (χ3v) is 4.43. The van der Waals surface area contributed by atoms with Gasteiger partial charge in [0, 0.05) is 15.7 Å². The van der Waals surface area contributed by atoms with E-state index in [1.54, 1.807) is 30.3 Å². The van der Waals surface area contributed by atoms with E-state index in [0.29, 0.717) is 11.3 Å². The molecule has 0 atom stereocenters. The molecule has 124 valence electrons. The van der Waals surface area contributed by atoms with E-state index < -0.39 is 11.6 Å². The fourth-order valence-electron chi connectivity index (χ4n) is 1.92. The number of nitrogens with zero attached hydrogens (tertiary/aromatic N) is 2. The number of rotatable bonds is 6. The Bertz CT molecular complexity index is 898. The lowest BCUT2D eigenvalue weighted by Gasteiger charge is -2.12. The lowest BCUT2D eigenvalue weighted by Crippen LogP contribution is -2.09. The van der Waals surface area contributed by atoms with Crippen LogP contribution in [0, 0.1) is 28.5 Å². The molecule has 2 aromatic rings. The predicted molar refractivity (Wildman–Crippen MR) is 99.2 cm³/mol. The third-order valence-electron chi connectivity index (χ3n) is 3.04. The van der Waals surface area contributed by atoms with Gasteiger partial charge in [-0.15, -0.1) is 0 Å². The summed E-state index contributed by atoms with van der Waals surface area (Å²) in [6.07, 6.45) is 0. The topological polar surface area (TPSA) is 76.7 Å². The van der Waals surface area contributed by atoms with Crippen LogP contribution in [-0.2, 0) is 0 Å². The molecule has 0 radical (unpaired) electrons. The van der Waals surface area contributed by atoms with Gasteiger partial charge < -0.3 is 5.32 Å². The average molecular weight is 416 g/mol. The van der Waals surface area contributed by atoms with Gasteiger partial charge in [0.15, 0.2) is 0 Å². The number of ketones is 1. The molecule has 1 N–H and O–H groups in total. The van der Waals surface area contributed by atoms with Crippen LogP contribution in [0.2, 0.25) is 0 Å². The lowest BCUT2D eigenvalue weighted by molar-refractivity contribution is 0.103. The monoisotopic (exact) mass is 415 g/mol. The number of thioether (sulfide) groups is 1. The highest BCUT2D eigenvalue weighted by molar-refractivity contribution is 9.10. The Morgan fingerprint density at radius 1 is 1.20 bits per heavy atom. The number of Topliss-reactive ketones (excluding diaryl/α,β-unsaturated/α-hetero) is 1. The Balaban J connectivity index is 2.42. The molecule has 2 aromatic carbocycles. The second kappa shape index (κ2) is 9.03. The van der Waals surface area contributed by atoms with E-state index in [4.69, 9.17) is 5.26 Å². The predicted octanol–water partition coefficient (Wildman–Crippen LogP) is 4.87. The highest BCUT2D eigenvalue weighted by atomic mass is 79.9. The SMILES string of the molecule is N#CCS/C(Nc1cccc(F)c1)=C(/C#N)C(=O)c1ccc(Br)cc1. The third kappa shape index (κ3) is 5.18. The quantitative estimate of drug-likeness (QED) is 0.413. The summed E-state index contributed by atoms with van der Waals surface area (Å²) in [5.74, 6) is -0.886. The molecule has 25 heavy (non-hydrogen) atoms. The minimum absolute atomic E-state index is 0.0381. The number of nitrogens with one attached hydrogen (secondary N) is 1. The Morgan fingerprint density at radius 2 is 1.92 bits per heavy atom. The summed E-state index contributed by atoms with van der Waals surface area (Å²) in [6.45, 7) is 0. The summed E-state index contributed by atoms with van der Waals surface area (Å²) in [5.41, 5.74) is 0.597. The number of hydrogen-bond donors (Lipinski definition) is 1. The minimum Gasteiger partial charge on any atom is -0.349 e. The molecule has 0 bridgehead atoms. The standard InChI is InChI=1S/C18H11BrFN3OS/c19-13-6-4-12(5-7-13)17(24)16(11-22)18(25-9-8-21)23-15-3-1-2-14(20)10-15/h1-7,10,23H,9H2/b18-16-. The maximum atomic E-state index is 13.4. The second-order valence-electron chi connectivity index (χ2n) is 4.73. The number of carbonyl (C=O) groups is 1. The molecule has 0 spiro atoms. The number of anilines is 1. The van der Waals surface area contributed by atoms with Gasteiger partial charge in [0.2, 0.25) is 5.78 Å². The van der Waals surface area contributed by atoms with Gasteiger partial charge in [-0.25, -0.2) is 4.39 Å². The molecule has 0 aromatic heterocycles. The van der Waals surface area contributed by atoms with E-state index in [0.717, 1.165) is 16.2 Å². The van der Waals surface area contributed by atoms with Gasteiger partial charge >= 0.3 is 0 Å². The van der Waals surface area contributed by atoms with Gasteiger partial charge in [-0.1, -0.05) is 33.8 Å². The molecular weight excluding hydrogens is 405 g/mol. The van der Waals surface area contributed by atoms with Crippen molar-refractivity contribution >= 4 is 39.2 Å². The maximum absolute atomic E-state index is 13.4. The molecule has 0 heterocycles. The first-order valence-electron chi connectivity index (χ1n) is 7.02. The normalized spacial score (nSPS) is 11.0. The number of carbonyl (C=O) groups excluding carboxylic acids is 1. The van der Waals surface area contributed by atoms with Crippen molar-refractivity contribution < 1.29 is 9.18 Å². The zero-order valence-corrected chi connectivity index (χ0v) is 15.2. The van der Waals surface area contributed by atoms with Crippen LogP contribution in [0.3, 0.4) is 0 Å². The maximum Gasteiger partial charge on any atom is 0.206 e. The van der Waals surface area contributed by atoms with Crippen LogP contribution in [-0.4, -0.2) is 11.5 Å². The molecule has 0 amide bonds. The van der Waals surface area contributed by atoms with Gasteiger partial charge in [-0.05, 0) is 42.5 Å². The fraction of sp³-hybridized carbons (Fsp3) is 0.0556. The van der Waals surface area contributed by atoms with Gasteiger partial charge in [-0.2, -0.15) is 10.5 Å². The van der Waals surface area contributed by atoms with Crippen molar-refractivity contribution in [1.29, 1.82) is 10.5 Å². The molecule has 0 aliphatic carbocycles. The summed E-state index contributed by atoms with van der Waals surface area (Å²) < 4.78 is 14.2. The number of benzene rings is 2. The van der Waals surface area contributed by atoms with Gasteiger partial charge in [-0.3, -0.25) is 4.79 Å². The first-order valence-corrected chi connectivity index (χ1v) is 8.80. The van der Waals surface area contributed by atoms with Gasteiger partial charge in [0.25, 0.3) is 0 Å². The molecular formula is C18H11BrFN3OS. The smallest absolute Gasteiger partial charge is 0.206 e. The number of nitriles is 2. The number of hydrogen-bond acceptors (Lipinski definition) is 5. The Labute approximate surface area is 157 Å². The summed E-state index contributed by atoms with van der Waals surface area (Å²) in [5, 5.41) is 21.4. The first kappa shape index (κ1) is 18.7. The van der Waals surface area contributed by atoms with Gasteiger partial charge in [0.05, 0.1) is 16.9 Å². The molecule has 0 aliphatic rings. The molecule has 0 saturated carbocycles. The molecule has 0 unspecified atom stereocenters. The summed E-state index contributed by atoms with van der Waals surface area (Å²) in [7, 11) is 0. The molecule has 0 saturated heterocycles. The van der Waals surface area contributed by atoms with E-state index in [2.05, 4.69) is 21.2 Å². The van der Waals surface area contributed by atoms with Crippen molar-refractivity contribution in [3.63, 3.8) is 0 Å². The summed E-state index contributed by atoms with van der Waals surface area (Å²) in [6, 6.07) is 16.1.